The van der Waals surface area contributed by atoms with Crippen LogP contribution in [0.5, 0.6) is 0 Å². The van der Waals surface area contributed by atoms with Gasteiger partial charge in [-0.3, -0.25) is 0 Å². The van der Waals surface area contributed by atoms with Crippen LogP contribution in [0.4, 0.5) is 0 Å². The summed E-state index contributed by atoms with van der Waals surface area (Å²) >= 11 is 0. The molecule has 0 saturated heterocycles. The van der Waals surface area contributed by atoms with E-state index in [0.29, 0.717) is 5.84 Å². The average Bonchev–Trinajstić information content (AvgIpc) is 3.54. The Hall–Kier alpha value is -6.26. The minimum atomic E-state index is -0.440. The Kier molecular flexibility index (Phi) is 6.50. The summed E-state index contributed by atoms with van der Waals surface area (Å²) in [5, 5.41) is 8.24. The molecule has 1 aliphatic heterocycles. The third-order valence-electron chi connectivity index (χ3n) is 8.98. The molecule has 8 aromatic rings. The van der Waals surface area contributed by atoms with Gasteiger partial charge >= 0.3 is 0 Å². The van der Waals surface area contributed by atoms with Gasteiger partial charge in [0.2, 0.25) is 0 Å². The summed E-state index contributed by atoms with van der Waals surface area (Å²) in [5.41, 5.74) is 9.34. The SMILES string of the molecule is c1ccc(C2=NC(c3c(-c4ccccc4)ccc4oc5ccccc5c34)NC(c3ccc(-c4ccccc4)c4ccccc34)=N2)cc1. The van der Waals surface area contributed by atoms with E-state index in [1.54, 1.807) is 0 Å². The van der Waals surface area contributed by atoms with Crippen LogP contribution in [0, 0.1) is 0 Å². The number of nitrogens with zero attached hydrogens (tertiary/aromatic N) is 2. The molecule has 47 heavy (non-hydrogen) atoms. The van der Waals surface area contributed by atoms with Crippen LogP contribution in [0.2, 0.25) is 0 Å². The molecule has 1 atom stereocenters. The molecule has 0 radical (unpaired) electrons. The van der Waals surface area contributed by atoms with Crippen LogP contribution < -0.4 is 5.32 Å². The van der Waals surface area contributed by atoms with Crippen molar-refractivity contribution in [1.29, 1.82) is 0 Å². The molecule has 1 aliphatic rings. The molecule has 0 spiro atoms. The van der Waals surface area contributed by atoms with E-state index in [-0.39, 0.29) is 0 Å². The summed E-state index contributed by atoms with van der Waals surface area (Å²) in [7, 11) is 0. The zero-order valence-corrected chi connectivity index (χ0v) is 25.5. The highest BCUT2D eigenvalue weighted by Gasteiger charge is 2.28. The number of benzene rings is 7. The standard InChI is InChI=1S/C43H29N3O/c1-4-14-28(15-5-1)31-24-25-35(34-21-11-10-20-33(31)34)42-44-41(30-18-8-3-9-19-30)45-43(46-42)40-32(29-16-6-2-7-17-29)26-27-38-39(40)36-22-12-13-23-37(36)47-38/h1-27,43H,(H,44,45,46). The monoisotopic (exact) mass is 603 g/mol. The number of aliphatic imine (C=N–C) groups is 2. The van der Waals surface area contributed by atoms with Crippen LogP contribution in [0.25, 0.3) is 55.0 Å². The first-order valence-corrected chi connectivity index (χ1v) is 15.9. The molecule has 0 saturated carbocycles. The van der Waals surface area contributed by atoms with Crippen LogP contribution in [0.1, 0.15) is 22.9 Å². The van der Waals surface area contributed by atoms with Crippen LogP contribution in [0.15, 0.2) is 178 Å². The van der Waals surface area contributed by atoms with Gasteiger partial charge in [-0.25, -0.2) is 9.98 Å². The molecule has 0 amide bonds. The lowest BCUT2D eigenvalue weighted by Gasteiger charge is -2.27. The lowest BCUT2D eigenvalue weighted by molar-refractivity contribution is 0.663. The van der Waals surface area contributed by atoms with E-state index in [4.69, 9.17) is 14.4 Å². The van der Waals surface area contributed by atoms with Gasteiger partial charge in [0.15, 0.2) is 5.84 Å². The van der Waals surface area contributed by atoms with E-state index in [9.17, 15) is 0 Å². The number of furan rings is 1. The summed E-state index contributed by atoms with van der Waals surface area (Å²) in [6.45, 7) is 0. The molecule has 2 heterocycles. The van der Waals surface area contributed by atoms with E-state index < -0.39 is 6.17 Å². The molecule has 1 N–H and O–H groups in total. The van der Waals surface area contributed by atoms with Gasteiger partial charge in [-0.1, -0.05) is 152 Å². The summed E-state index contributed by atoms with van der Waals surface area (Å²) in [5.74, 6) is 1.47. The Morgan fingerprint density at radius 3 is 1.68 bits per heavy atom. The lowest BCUT2D eigenvalue weighted by atomic mass is 9.92. The molecule has 4 heteroatoms. The molecular weight excluding hydrogens is 574 g/mol. The zero-order valence-electron chi connectivity index (χ0n) is 25.5. The van der Waals surface area contributed by atoms with Gasteiger partial charge in [-0.2, -0.15) is 0 Å². The number of rotatable bonds is 5. The third kappa shape index (κ3) is 4.70. The molecule has 4 nitrogen and oxygen atoms in total. The number of fused-ring (bicyclic) bond motifs is 4. The molecule has 0 fully saturated rings. The number of amidine groups is 2. The lowest BCUT2D eigenvalue weighted by Crippen LogP contribution is -2.34. The van der Waals surface area contributed by atoms with Crippen molar-refractivity contribution in [3.05, 3.63) is 180 Å². The van der Waals surface area contributed by atoms with Gasteiger partial charge in [-0.15, -0.1) is 0 Å². The van der Waals surface area contributed by atoms with Crippen LogP contribution in [0.3, 0.4) is 0 Å². The molecule has 9 rings (SSSR count). The van der Waals surface area contributed by atoms with Gasteiger partial charge in [0.25, 0.3) is 0 Å². The van der Waals surface area contributed by atoms with Crippen molar-refractivity contribution in [2.45, 2.75) is 6.17 Å². The Labute approximate surface area is 272 Å². The topological polar surface area (TPSA) is 49.9 Å². The maximum absolute atomic E-state index is 6.40. The fraction of sp³-hybridized carbons (Fsp3) is 0.0233. The van der Waals surface area contributed by atoms with Crippen LogP contribution >= 0.6 is 0 Å². The van der Waals surface area contributed by atoms with E-state index >= 15 is 0 Å². The fourth-order valence-electron chi connectivity index (χ4n) is 6.82. The van der Waals surface area contributed by atoms with Crippen LogP contribution in [-0.2, 0) is 0 Å². The first kappa shape index (κ1) is 27.1. The first-order valence-electron chi connectivity index (χ1n) is 15.9. The molecular formula is C43H29N3O. The van der Waals surface area contributed by atoms with Crippen molar-refractivity contribution in [2.24, 2.45) is 9.98 Å². The van der Waals surface area contributed by atoms with Gasteiger partial charge in [0.1, 0.15) is 23.2 Å². The first-order chi connectivity index (χ1) is 23.3. The van der Waals surface area contributed by atoms with Crippen molar-refractivity contribution in [1.82, 2.24) is 5.32 Å². The third-order valence-corrected chi connectivity index (χ3v) is 8.98. The molecule has 1 aromatic heterocycles. The second-order valence-electron chi connectivity index (χ2n) is 11.8. The molecule has 0 bridgehead atoms. The Morgan fingerprint density at radius 1 is 0.447 bits per heavy atom. The number of hydrogen-bond acceptors (Lipinski definition) is 4. The predicted octanol–water partition coefficient (Wildman–Crippen LogP) is 10.6. The second-order valence-corrected chi connectivity index (χ2v) is 11.8. The van der Waals surface area contributed by atoms with E-state index in [2.05, 4.69) is 139 Å². The van der Waals surface area contributed by atoms with E-state index in [1.165, 1.54) is 16.5 Å². The highest BCUT2D eigenvalue weighted by Crippen LogP contribution is 2.42. The van der Waals surface area contributed by atoms with E-state index in [1.807, 2.05) is 30.3 Å². The van der Waals surface area contributed by atoms with Gasteiger partial charge in [0.05, 0.1) is 0 Å². The smallest absolute Gasteiger partial charge is 0.159 e. The Bertz CT molecular complexity index is 2480. The largest absolute Gasteiger partial charge is 0.456 e. The zero-order chi connectivity index (χ0) is 31.2. The second kappa shape index (κ2) is 11.3. The van der Waals surface area contributed by atoms with Crippen molar-refractivity contribution in [2.75, 3.05) is 0 Å². The minimum absolute atomic E-state index is 0.440. The van der Waals surface area contributed by atoms with Gasteiger partial charge < -0.3 is 9.73 Å². The molecule has 7 aromatic carbocycles. The van der Waals surface area contributed by atoms with Crippen molar-refractivity contribution in [3.63, 3.8) is 0 Å². The van der Waals surface area contributed by atoms with Gasteiger partial charge in [-0.05, 0) is 45.2 Å². The number of nitrogens with one attached hydrogen (secondary N) is 1. The minimum Gasteiger partial charge on any atom is -0.456 e. The fourth-order valence-corrected chi connectivity index (χ4v) is 6.82. The van der Waals surface area contributed by atoms with Crippen LogP contribution in [-0.4, -0.2) is 11.7 Å². The summed E-state index contributed by atoms with van der Waals surface area (Å²) in [6, 6.07) is 56.8. The molecule has 1 unspecified atom stereocenters. The maximum Gasteiger partial charge on any atom is 0.159 e. The Morgan fingerprint density at radius 2 is 0.979 bits per heavy atom. The van der Waals surface area contributed by atoms with Gasteiger partial charge in [0, 0.05) is 27.5 Å². The highest BCUT2D eigenvalue weighted by molar-refractivity contribution is 6.19. The van der Waals surface area contributed by atoms with Crippen molar-refractivity contribution in [3.8, 4) is 22.3 Å². The van der Waals surface area contributed by atoms with Crippen molar-refractivity contribution < 1.29 is 4.42 Å². The number of hydrogen-bond donors (Lipinski definition) is 1. The summed E-state index contributed by atoms with van der Waals surface area (Å²) < 4.78 is 6.40. The average molecular weight is 604 g/mol. The summed E-state index contributed by atoms with van der Waals surface area (Å²) in [6.07, 6.45) is -0.440. The van der Waals surface area contributed by atoms with E-state index in [0.717, 1.165) is 61.0 Å². The molecule has 0 aliphatic carbocycles. The predicted molar refractivity (Wildman–Crippen MR) is 194 cm³/mol. The molecule has 222 valence electrons. The van der Waals surface area contributed by atoms with Crippen molar-refractivity contribution >= 4 is 44.4 Å². The normalized spacial score (nSPS) is 14.6. The highest BCUT2D eigenvalue weighted by atomic mass is 16.3. The number of para-hydroxylation sites is 1. The maximum atomic E-state index is 6.40. The Balaban J connectivity index is 1.29. The quantitative estimate of drug-likeness (QED) is 0.213. The summed E-state index contributed by atoms with van der Waals surface area (Å²) in [4.78, 5) is 10.6.